The molecule has 2 aromatic carbocycles. The van der Waals surface area contributed by atoms with Crippen LogP contribution in [0.4, 0.5) is 18.0 Å². The molecule has 26 heavy (non-hydrogen) atoms. The molecular weight excluding hydrogens is 369 g/mol. The average Bonchev–Trinajstić information content (AvgIpc) is 2.98. The lowest BCUT2D eigenvalue weighted by Crippen LogP contribution is -2.29. The standard InChI is InChI=1S/C17H14ClF3N4O/c1-9-4-3-5-10(2)12(9)8-22-16(26)25-15-13(18)6-11(17(19,20)21)7-14(15)23-24-25/h3-7H,8H2,1-2H3,(H,22,26). The Morgan fingerprint density at radius 3 is 2.50 bits per heavy atom. The zero-order chi connectivity index (χ0) is 19.1. The fraction of sp³-hybridized carbons (Fsp3) is 0.235. The van der Waals surface area contributed by atoms with Gasteiger partial charge in [0.15, 0.2) is 0 Å². The Morgan fingerprint density at radius 1 is 1.23 bits per heavy atom. The van der Waals surface area contributed by atoms with E-state index in [9.17, 15) is 18.0 Å². The molecule has 1 aromatic heterocycles. The summed E-state index contributed by atoms with van der Waals surface area (Å²) in [5.74, 6) is 0. The van der Waals surface area contributed by atoms with Gasteiger partial charge >= 0.3 is 12.2 Å². The second kappa shape index (κ2) is 6.60. The lowest BCUT2D eigenvalue weighted by molar-refractivity contribution is -0.137. The quantitative estimate of drug-likeness (QED) is 0.711. The molecule has 0 spiro atoms. The second-order valence-electron chi connectivity index (χ2n) is 5.85. The van der Waals surface area contributed by atoms with Crippen molar-refractivity contribution in [2.24, 2.45) is 0 Å². The Balaban J connectivity index is 1.90. The summed E-state index contributed by atoms with van der Waals surface area (Å²) in [4.78, 5) is 12.4. The van der Waals surface area contributed by atoms with E-state index in [2.05, 4.69) is 15.6 Å². The average molecular weight is 383 g/mol. The summed E-state index contributed by atoms with van der Waals surface area (Å²) in [5.41, 5.74) is 1.96. The lowest BCUT2D eigenvalue weighted by atomic mass is 10.0. The number of benzene rings is 2. The van der Waals surface area contributed by atoms with E-state index in [1.807, 2.05) is 32.0 Å². The highest BCUT2D eigenvalue weighted by Gasteiger charge is 2.32. The number of nitrogens with one attached hydrogen (secondary N) is 1. The number of halogens is 4. The molecular formula is C17H14ClF3N4O. The molecule has 0 saturated heterocycles. The Labute approximate surface area is 151 Å². The summed E-state index contributed by atoms with van der Waals surface area (Å²) in [7, 11) is 0. The molecule has 1 amide bonds. The normalized spacial score (nSPS) is 11.8. The van der Waals surface area contributed by atoms with Crippen LogP contribution in [0, 0.1) is 13.8 Å². The molecule has 0 atom stereocenters. The van der Waals surface area contributed by atoms with Crippen molar-refractivity contribution in [3.8, 4) is 0 Å². The van der Waals surface area contributed by atoms with Gasteiger partial charge in [-0.1, -0.05) is 35.0 Å². The molecule has 3 rings (SSSR count). The molecule has 0 aliphatic rings. The number of fused-ring (bicyclic) bond motifs is 1. The highest BCUT2D eigenvalue weighted by molar-refractivity contribution is 6.35. The van der Waals surface area contributed by atoms with Crippen LogP contribution < -0.4 is 5.32 Å². The van der Waals surface area contributed by atoms with Crippen molar-refractivity contribution >= 4 is 28.7 Å². The van der Waals surface area contributed by atoms with E-state index in [0.29, 0.717) is 0 Å². The monoisotopic (exact) mass is 382 g/mol. The number of aryl methyl sites for hydroxylation is 2. The van der Waals surface area contributed by atoms with Crippen LogP contribution >= 0.6 is 11.6 Å². The van der Waals surface area contributed by atoms with Crippen molar-refractivity contribution in [3.63, 3.8) is 0 Å². The molecule has 0 saturated carbocycles. The highest BCUT2D eigenvalue weighted by atomic mass is 35.5. The van der Waals surface area contributed by atoms with Crippen molar-refractivity contribution in [1.29, 1.82) is 0 Å². The van der Waals surface area contributed by atoms with Gasteiger partial charge in [-0.25, -0.2) is 4.79 Å². The van der Waals surface area contributed by atoms with Crippen LogP contribution in [0.5, 0.6) is 0 Å². The van der Waals surface area contributed by atoms with Gasteiger partial charge < -0.3 is 5.32 Å². The highest BCUT2D eigenvalue weighted by Crippen LogP contribution is 2.34. The van der Waals surface area contributed by atoms with Crippen LogP contribution in [-0.4, -0.2) is 21.0 Å². The summed E-state index contributed by atoms with van der Waals surface area (Å²) < 4.78 is 39.4. The van der Waals surface area contributed by atoms with Crippen molar-refractivity contribution in [1.82, 2.24) is 20.3 Å². The van der Waals surface area contributed by atoms with Gasteiger partial charge in [-0.3, -0.25) is 0 Å². The third-order valence-electron chi connectivity index (χ3n) is 4.08. The zero-order valence-corrected chi connectivity index (χ0v) is 14.6. The number of alkyl halides is 3. The minimum absolute atomic E-state index is 0.0265. The summed E-state index contributed by atoms with van der Waals surface area (Å²) in [5, 5.41) is 9.71. The van der Waals surface area contributed by atoms with Crippen LogP contribution in [0.25, 0.3) is 11.0 Å². The maximum atomic E-state index is 12.9. The van der Waals surface area contributed by atoms with Gasteiger partial charge in [0, 0.05) is 6.54 Å². The fourth-order valence-corrected chi connectivity index (χ4v) is 2.98. The van der Waals surface area contributed by atoms with E-state index in [1.54, 1.807) is 0 Å². The van der Waals surface area contributed by atoms with Crippen LogP contribution in [0.2, 0.25) is 5.02 Å². The summed E-state index contributed by atoms with van der Waals surface area (Å²) in [6.07, 6.45) is -4.56. The van der Waals surface area contributed by atoms with Crippen LogP contribution in [0.15, 0.2) is 30.3 Å². The molecule has 0 bridgehead atoms. The first kappa shape index (κ1) is 18.2. The predicted octanol–water partition coefficient (Wildman–Crippen LogP) is 4.48. The first-order chi connectivity index (χ1) is 12.2. The van der Waals surface area contributed by atoms with E-state index in [4.69, 9.17) is 11.6 Å². The maximum absolute atomic E-state index is 12.9. The zero-order valence-electron chi connectivity index (χ0n) is 13.9. The molecule has 1 heterocycles. The Morgan fingerprint density at radius 2 is 1.88 bits per heavy atom. The SMILES string of the molecule is Cc1cccc(C)c1CNC(=O)n1nnc2cc(C(F)(F)F)cc(Cl)c21. The number of amides is 1. The molecule has 0 fully saturated rings. The molecule has 9 heteroatoms. The molecule has 136 valence electrons. The van der Waals surface area contributed by atoms with Gasteiger partial charge in [-0.15, -0.1) is 5.10 Å². The fourth-order valence-electron chi connectivity index (χ4n) is 2.68. The predicted molar refractivity (Wildman–Crippen MR) is 91.1 cm³/mol. The molecule has 0 aliphatic heterocycles. The maximum Gasteiger partial charge on any atom is 0.416 e. The number of carbonyl (C=O) groups is 1. The molecule has 0 aliphatic carbocycles. The molecule has 0 unspecified atom stereocenters. The van der Waals surface area contributed by atoms with Crippen molar-refractivity contribution < 1.29 is 18.0 Å². The molecule has 5 nitrogen and oxygen atoms in total. The van der Waals surface area contributed by atoms with Crippen molar-refractivity contribution in [2.75, 3.05) is 0 Å². The van der Waals surface area contributed by atoms with E-state index in [1.165, 1.54) is 0 Å². The second-order valence-corrected chi connectivity index (χ2v) is 6.26. The number of carbonyl (C=O) groups excluding carboxylic acids is 1. The van der Waals surface area contributed by atoms with Crippen molar-refractivity contribution in [3.05, 3.63) is 57.6 Å². The van der Waals surface area contributed by atoms with Gasteiger partial charge in [-0.2, -0.15) is 17.9 Å². The van der Waals surface area contributed by atoms with Gasteiger partial charge in [0.1, 0.15) is 11.0 Å². The van der Waals surface area contributed by atoms with Crippen LogP contribution in [-0.2, 0) is 12.7 Å². The number of nitrogens with zero attached hydrogens (tertiary/aromatic N) is 3. The number of hydrogen-bond donors (Lipinski definition) is 1. The van der Waals surface area contributed by atoms with E-state index in [0.717, 1.165) is 33.5 Å². The van der Waals surface area contributed by atoms with Gasteiger partial charge in [0.2, 0.25) is 0 Å². The largest absolute Gasteiger partial charge is 0.416 e. The molecule has 1 N–H and O–H groups in total. The Bertz CT molecular complexity index is 977. The van der Waals surface area contributed by atoms with Gasteiger partial charge in [0.25, 0.3) is 0 Å². The van der Waals surface area contributed by atoms with E-state index >= 15 is 0 Å². The first-order valence-electron chi connectivity index (χ1n) is 7.64. The summed E-state index contributed by atoms with van der Waals surface area (Å²) >= 11 is 5.95. The minimum atomic E-state index is -4.56. The van der Waals surface area contributed by atoms with Gasteiger partial charge in [-0.05, 0) is 42.7 Å². The minimum Gasteiger partial charge on any atom is -0.332 e. The number of aromatic nitrogens is 3. The van der Waals surface area contributed by atoms with Crippen molar-refractivity contribution in [2.45, 2.75) is 26.6 Å². The van der Waals surface area contributed by atoms with Gasteiger partial charge in [0.05, 0.1) is 10.6 Å². The third-order valence-corrected chi connectivity index (χ3v) is 4.37. The Kier molecular flexibility index (Phi) is 4.62. The number of rotatable bonds is 2. The molecule has 3 aromatic rings. The van der Waals surface area contributed by atoms with E-state index in [-0.39, 0.29) is 22.6 Å². The first-order valence-corrected chi connectivity index (χ1v) is 8.01. The third kappa shape index (κ3) is 3.37. The Hall–Kier alpha value is -2.61. The smallest absolute Gasteiger partial charge is 0.332 e. The number of hydrogen-bond acceptors (Lipinski definition) is 3. The summed E-state index contributed by atoms with van der Waals surface area (Å²) in [6, 6.07) is 6.70. The van der Waals surface area contributed by atoms with E-state index < -0.39 is 17.8 Å². The summed E-state index contributed by atoms with van der Waals surface area (Å²) in [6.45, 7) is 4.10. The van der Waals surface area contributed by atoms with Crippen LogP contribution in [0.3, 0.4) is 0 Å². The molecule has 0 radical (unpaired) electrons. The topological polar surface area (TPSA) is 59.8 Å². The van der Waals surface area contributed by atoms with Crippen LogP contribution in [0.1, 0.15) is 22.3 Å². The lowest BCUT2D eigenvalue weighted by Gasteiger charge is -2.11.